The van der Waals surface area contributed by atoms with Gasteiger partial charge in [0.15, 0.2) is 0 Å². The Morgan fingerprint density at radius 2 is 2.12 bits per heavy atom. The monoisotopic (exact) mass is 347 g/mol. The van der Waals surface area contributed by atoms with Crippen LogP contribution in [0, 0.1) is 16.0 Å². The molecule has 0 radical (unpaired) electrons. The van der Waals surface area contributed by atoms with Crippen molar-refractivity contribution >= 4 is 17.7 Å². The highest BCUT2D eigenvalue weighted by atomic mass is 16.6. The summed E-state index contributed by atoms with van der Waals surface area (Å²) in [5.41, 5.74) is 1.06. The molecule has 8 nitrogen and oxygen atoms in total. The van der Waals surface area contributed by atoms with Crippen molar-refractivity contribution in [2.45, 2.75) is 26.8 Å². The molecule has 0 saturated carbocycles. The molecule has 0 aliphatic carbocycles. The van der Waals surface area contributed by atoms with Gasteiger partial charge < -0.3 is 15.0 Å². The number of carbonyl (C=O) groups excluding carboxylic acids is 2. The Bertz CT molecular complexity index is 742. The molecule has 1 atom stereocenters. The van der Waals surface area contributed by atoms with E-state index >= 15 is 0 Å². The van der Waals surface area contributed by atoms with E-state index in [1.165, 1.54) is 23.1 Å². The molecule has 0 aromatic heterocycles. The van der Waals surface area contributed by atoms with Crippen LogP contribution in [0.15, 0.2) is 35.5 Å². The van der Waals surface area contributed by atoms with Crippen molar-refractivity contribution in [2.24, 2.45) is 5.92 Å². The van der Waals surface area contributed by atoms with Gasteiger partial charge in [-0.3, -0.25) is 10.1 Å². The summed E-state index contributed by atoms with van der Waals surface area (Å²) in [5, 5.41) is 13.7. The fourth-order valence-corrected chi connectivity index (χ4v) is 2.49. The number of nitrogens with one attached hydrogen (secondary N) is 1. The molecule has 0 spiro atoms. The number of ether oxygens (including phenoxy) is 1. The Kier molecular flexibility index (Phi) is 5.41. The van der Waals surface area contributed by atoms with Gasteiger partial charge in [-0.2, -0.15) is 0 Å². The number of carbonyl (C=O) groups is 2. The van der Waals surface area contributed by atoms with Gasteiger partial charge in [-0.25, -0.2) is 9.59 Å². The molecular weight excluding hydrogens is 326 g/mol. The zero-order valence-electron chi connectivity index (χ0n) is 14.6. The van der Waals surface area contributed by atoms with Crippen LogP contribution in [0.25, 0.3) is 0 Å². The SMILES string of the molecule is CC1=C(C(=O)OCC(C)C)[C@@H](c2cccc([N+](=O)[O-])c2)NC(=O)N1C. The van der Waals surface area contributed by atoms with E-state index in [9.17, 15) is 19.7 Å². The second-order valence-corrected chi connectivity index (χ2v) is 6.29. The lowest BCUT2D eigenvalue weighted by molar-refractivity contribution is -0.384. The van der Waals surface area contributed by atoms with Crippen molar-refractivity contribution in [3.63, 3.8) is 0 Å². The number of nitrogens with zero attached hydrogens (tertiary/aromatic N) is 2. The highest BCUT2D eigenvalue weighted by molar-refractivity contribution is 5.95. The summed E-state index contributed by atoms with van der Waals surface area (Å²) in [6.45, 7) is 5.73. The summed E-state index contributed by atoms with van der Waals surface area (Å²) in [6.07, 6.45) is 0. The Morgan fingerprint density at radius 3 is 2.72 bits per heavy atom. The first kappa shape index (κ1) is 18.4. The molecule has 25 heavy (non-hydrogen) atoms. The first-order valence-corrected chi connectivity index (χ1v) is 7.88. The van der Waals surface area contributed by atoms with E-state index in [4.69, 9.17) is 4.74 Å². The summed E-state index contributed by atoms with van der Waals surface area (Å²) in [6, 6.07) is 4.65. The maximum atomic E-state index is 12.6. The number of allylic oxidation sites excluding steroid dienone is 1. The van der Waals surface area contributed by atoms with E-state index in [0.717, 1.165) is 0 Å². The van der Waals surface area contributed by atoms with Crippen molar-refractivity contribution < 1.29 is 19.2 Å². The molecule has 0 bridgehead atoms. The fraction of sp³-hybridized carbons (Fsp3) is 0.412. The predicted octanol–water partition coefficient (Wildman–Crippen LogP) is 2.76. The second-order valence-electron chi connectivity index (χ2n) is 6.29. The van der Waals surface area contributed by atoms with Gasteiger partial charge in [0, 0.05) is 24.9 Å². The summed E-state index contributed by atoms with van der Waals surface area (Å²) >= 11 is 0. The van der Waals surface area contributed by atoms with Crippen LogP contribution in [0.3, 0.4) is 0 Å². The van der Waals surface area contributed by atoms with Crippen LogP contribution in [0.1, 0.15) is 32.4 Å². The van der Waals surface area contributed by atoms with Crippen molar-refractivity contribution in [3.05, 3.63) is 51.2 Å². The summed E-state index contributed by atoms with van der Waals surface area (Å²) in [4.78, 5) is 36.5. The van der Waals surface area contributed by atoms with Crippen molar-refractivity contribution in [1.82, 2.24) is 10.2 Å². The van der Waals surface area contributed by atoms with Crippen LogP contribution < -0.4 is 5.32 Å². The van der Waals surface area contributed by atoms with Gasteiger partial charge in [0.1, 0.15) is 0 Å². The minimum absolute atomic E-state index is 0.113. The molecule has 8 heteroatoms. The molecule has 1 heterocycles. The largest absolute Gasteiger partial charge is 0.462 e. The fourth-order valence-electron chi connectivity index (χ4n) is 2.49. The van der Waals surface area contributed by atoms with Gasteiger partial charge in [-0.1, -0.05) is 26.0 Å². The van der Waals surface area contributed by atoms with E-state index in [1.807, 2.05) is 13.8 Å². The summed E-state index contributed by atoms with van der Waals surface area (Å²) in [7, 11) is 1.55. The molecular formula is C17H21N3O5. The first-order chi connectivity index (χ1) is 11.7. The molecule has 1 N–H and O–H groups in total. The van der Waals surface area contributed by atoms with E-state index in [-0.39, 0.29) is 23.8 Å². The third-order valence-electron chi connectivity index (χ3n) is 3.94. The zero-order chi connectivity index (χ0) is 18.7. The highest BCUT2D eigenvalue weighted by Crippen LogP contribution is 2.32. The lowest BCUT2D eigenvalue weighted by Gasteiger charge is -2.33. The van der Waals surface area contributed by atoms with Crippen LogP contribution in [0.2, 0.25) is 0 Å². The second kappa shape index (κ2) is 7.33. The number of benzene rings is 1. The van der Waals surface area contributed by atoms with Gasteiger partial charge in [0.25, 0.3) is 5.69 Å². The maximum Gasteiger partial charge on any atom is 0.338 e. The van der Waals surface area contributed by atoms with Crippen molar-refractivity contribution in [3.8, 4) is 0 Å². The average Bonchev–Trinajstić information content (AvgIpc) is 2.57. The Labute approximate surface area is 145 Å². The predicted molar refractivity (Wildman–Crippen MR) is 90.6 cm³/mol. The molecule has 0 saturated heterocycles. The maximum absolute atomic E-state index is 12.6. The molecule has 0 unspecified atom stereocenters. The van der Waals surface area contributed by atoms with Gasteiger partial charge in [0.05, 0.1) is 23.1 Å². The van der Waals surface area contributed by atoms with Crippen LogP contribution in [-0.2, 0) is 9.53 Å². The Balaban J connectivity index is 2.46. The molecule has 2 rings (SSSR count). The Hall–Kier alpha value is -2.90. The standard InChI is InChI=1S/C17H21N3O5/c1-10(2)9-25-16(21)14-11(3)19(4)17(22)18-15(14)12-6-5-7-13(8-12)20(23)24/h5-8,10,15H,9H2,1-4H3,(H,18,22)/t15-/m1/s1. The van der Waals surface area contributed by atoms with Crippen LogP contribution in [-0.4, -0.2) is 35.5 Å². The molecule has 1 aromatic rings. The van der Waals surface area contributed by atoms with Crippen LogP contribution >= 0.6 is 0 Å². The van der Waals surface area contributed by atoms with E-state index in [1.54, 1.807) is 20.0 Å². The quantitative estimate of drug-likeness (QED) is 0.501. The minimum atomic E-state index is -0.803. The van der Waals surface area contributed by atoms with Crippen molar-refractivity contribution in [2.75, 3.05) is 13.7 Å². The Morgan fingerprint density at radius 1 is 1.44 bits per heavy atom. The number of rotatable bonds is 5. The number of nitro groups is 1. The molecule has 1 aliphatic heterocycles. The van der Waals surface area contributed by atoms with Crippen molar-refractivity contribution in [1.29, 1.82) is 0 Å². The number of hydrogen-bond acceptors (Lipinski definition) is 5. The van der Waals surface area contributed by atoms with Crippen LogP contribution in [0.5, 0.6) is 0 Å². The number of amides is 2. The first-order valence-electron chi connectivity index (χ1n) is 7.88. The molecule has 134 valence electrons. The van der Waals surface area contributed by atoms with Gasteiger partial charge in [-0.15, -0.1) is 0 Å². The summed E-state index contributed by atoms with van der Waals surface area (Å²) < 4.78 is 5.32. The number of esters is 1. The summed E-state index contributed by atoms with van der Waals surface area (Å²) in [5.74, 6) is -0.383. The molecule has 0 fully saturated rings. The van der Waals surface area contributed by atoms with Gasteiger partial charge in [0.2, 0.25) is 0 Å². The molecule has 1 aliphatic rings. The number of urea groups is 1. The lowest BCUT2D eigenvalue weighted by Crippen LogP contribution is -2.46. The topological polar surface area (TPSA) is 102 Å². The van der Waals surface area contributed by atoms with Crippen LogP contribution in [0.4, 0.5) is 10.5 Å². The molecule has 1 aromatic carbocycles. The van der Waals surface area contributed by atoms with E-state index in [2.05, 4.69) is 5.32 Å². The number of non-ortho nitro benzene ring substituents is 1. The number of hydrogen-bond donors (Lipinski definition) is 1. The third-order valence-corrected chi connectivity index (χ3v) is 3.94. The minimum Gasteiger partial charge on any atom is -0.462 e. The van der Waals surface area contributed by atoms with Gasteiger partial charge in [-0.05, 0) is 18.4 Å². The van der Waals surface area contributed by atoms with E-state index < -0.39 is 23.0 Å². The number of nitro benzene ring substituents is 1. The normalized spacial score (nSPS) is 17.6. The molecule has 2 amide bonds. The smallest absolute Gasteiger partial charge is 0.338 e. The van der Waals surface area contributed by atoms with E-state index in [0.29, 0.717) is 11.3 Å². The lowest BCUT2D eigenvalue weighted by atomic mass is 9.94. The highest BCUT2D eigenvalue weighted by Gasteiger charge is 2.35. The third kappa shape index (κ3) is 3.96. The average molecular weight is 347 g/mol. The van der Waals surface area contributed by atoms with Gasteiger partial charge >= 0.3 is 12.0 Å². The zero-order valence-corrected chi connectivity index (χ0v) is 14.6.